The van der Waals surface area contributed by atoms with E-state index in [1.54, 1.807) is 38.1 Å². The zero-order valence-electron chi connectivity index (χ0n) is 13.6. The van der Waals surface area contributed by atoms with Crippen LogP contribution in [0, 0.1) is 5.41 Å². The average Bonchev–Trinajstić information content (AvgIpc) is 2.52. The highest BCUT2D eigenvalue weighted by atomic mass is 16.4. The number of amides is 2. The number of carbonyl (C=O) groups is 3. The molecular weight excluding hydrogens is 296 g/mol. The van der Waals surface area contributed by atoms with Gasteiger partial charge in [0.2, 0.25) is 5.91 Å². The number of aliphatic carboxylic acids is 1. The molecule has 0 saturated heterocycles. The summed E-state index contributed by atoms with van der Waals surface area (Å²) in [5.41, 5.74) is -0.260. The van der Waals surface area contributed by atoms with Crippen LogP contribution in [0.4, 0.5) is 0 Å². The van der Waals surface area contributed by atoms with Gasteiger partial charge in [0.05, 0.1) is 5.41 Å². The number of benzene rings is 1. The Morgan fingerprint density at radius 2 is 1.70 bits per heavy atom. The molecule has 0 aliphatic rings. The molecule has 2 amide bonds. The van der Waals surface area contributed by atoms with Crippen LogP contribution >= 0.6 is 0 Å². The van der Waals surface area contributed by atoms with Crippen molar-refractivity contribution in [1.29, 1.82) is 0 Å². The quantitative estimate of drug-likeness (QED) is 0.605. The van der Waals surface area contributed by atoms with Crippen LogP contribution in [0.2, 0.25) is 0 Å². The van der Waals surface area contributed by atoms with Crippen molar-refractivity contribution in [3.63, 3.8) is 0 Å². The summed E-state index contributed by atoms with van der Waals surface area (Å²) in [4.78, 5) is 34.3. The van der Waals surface area contributed by atoms with Gasteiger partial charge in [-0.15, -0.1) is 0 Å². The molecule has 1 aromatic carbocycles. The average molecular weight is 320 g/mol. The first-order valence-electron chi connectivity index (χ1n) is 7.66. The Bertz CT molecular complexity index is 541. The van der Waals surface area contributed by atoms with Crippen molar-refractivity contribution in [3.05, 3.63) is 35.9 Å². The zero-order valence-corrected chi connectivity index (χ0v) is 13.6. The van der Waals surface area contributed by atoms with Gasteiger partial charge >= 0.3 is 5.97 Å². The lowest BCUT2D eigenvalue weighted by atomic mass is 9.90. The molecule has 0 fully saturated rings. The first-order valence-corrected chi connectivity index (χ1v) is 7.66. The van der Waals surface area contributed by atoms with Gasteiger partial charge in [0.15, 0.2) is 0 Å². The van der Waals surface area contributed by atoms with Crippen LogP contribution in [0.25, 0.3) is 0 Å². The number of carbonyl (C=O) groups excluding carboxylic acids is 2. The molecule has 0 radical (unpaired) electrons. The number of nitrogens with one attached hydrogen (secondary N) is 2. The Morgan fingerprint density at radius 1 is 1.04 bits per heavy atom. The van der Waals surface area contributed by atoms with Crippen molar-refractivity contribution in [2.24, 2.45) is 5.41 Å². The van der Waals surface area contributed by atoms with Gasteiger partial charge in [-0.05, 0) is 38.8 Å². The number of hydrogen-bond acceptors (Lipinski definition) is 3. The second-order valence-corrected chi connectivity index (χ2v) is 6.01. The summed E-state index contributed by atoms with van der Waals surface area (Å²) >= 11 is 0. The van der Waals surface area contributed by atoms with E-state index in [1.807, 2.05) is 6.07 Å². The van der Waals surface area contributed by atoms with E-state index in [4.69, 9.17) is 5.11 Å². The molecule has 6 heteroatoms. The van der Waals surface area contributed by atoms with E-state index in [1.165, 1.54) is 0 Å². The van der Waals surface area contributed by atoms with E-state index in [0.29, 0.717) is 37.9 Å². The number of carboxylic acid groups (broad SMARTS) is 1. The summed E-state index contributed by atoms with van der Waals surface area (Å²) in [7, 11) is 0. The molecule has 0 aliphatic heterocycles. The van der Waals surface area contributed by atoms with Crippen LogP contribution in [0.5, 0.6) is 0 Å². The fourth-order valence-corrected chi connectivity index (χ4v) is 1.85. The summed E-state index contributed by atoms with van der Waals surface area (Å²) in [6.45, 7) is 4.00. The van der Waals surface area contributed by atoms with Gasteiger partial charge in [-0.2, -0.15) is 0 Å². The highest BCUT2D eigenvalue weighted by Crippen LogP contribution is 2.19. The molecule has 1 aromatic rings. The Balaban J connectivity index is 2.15. The van der Waals surface area contributed by atoms with Gasteiger partial charge < -0.3 is 15.7 Å². The van der Waals surface area contributed by atoms with Crippen molar-refractivity contribution < 1.29 is 19.5 Å². The fraction of sp³-hybridized carbons (Fsp3) is 0.471. The zero-order chi connectivity index (χ0) is 17.3. The largest absolute Gasteiger partial charge is 0.481 e. The maximum atomic E-state index is 11.8. The van der Waals surface area contributed by atoms with Crippen LogP contribution in [0.1, 0.15) is 43.5 Å². The van der Waals surface area contributed by atoms with E-state index in [9.17, 15) is 14.4 Å². The topological polar surface area (TPSA) is 95.5 Å². The minimum atomic E-state index is -0.879. The summed E-state index contributed by atoms with van der Waals surface area (Å²) in [6.07, 6.45) is 1.20. The monoisotopic (exact) mass is 320 g/mol. The first-order chi connectivity index (χ1) is 10.8. The third kappa shape index (κ3) is 6.95. The standard InChI is InChI=1S/C17H24N2O4/c1-17(2,16(22)23)10-12-18-14(20)9-6-11-19-15(21)13-7-4-3-5-8-13/h3-5,7-8H,6,9-12H2,1-2H3,(H,18,20)(H,19,21)(H,22,23). The molecule has 6 nitrogen and oxygen atoms in total. The lowest BCUT2D eigenvalue weighted by Crippen LogP contribution is -2.32. The molecule has 0 bridgehead atoms. The van der Waals surface area contributed by atoms with Gasteiger partial charge in [0, 0.05) is 25.1 Å². The minimum absolute atomic E-state index is 0.139. The second kappa shape index (κ2) is 8.92. The second-order valence-electron chi connectivity index (χ2n) is 6.01. The lowest BCUT2D eigenvalue weighted by molar-refractivity contribution is -0.147. The predicted molar refractivity (Wildman–Crippen MR) is 87.1 cm³/mol. The van der Waals surface area contributed by atoms with Crippen LogP contribution in [-0.4, -0.2) is 36.0 Å². The fourth-order valence-electron chi connectivity index (χ4n) is 1.85. The smallest absolute Gasteiger partial charge is 0.309 e. The molecule has 0 atom stereocenters. The third-order valence-corrected chi connectivity index (χ3v) is 3.55. The van der Waals surface area contributed by atoms with Crippen molar-refractivity contribution in [3.8, 4) is 0 Å². The number of carboxylic acids is 1. The molecule has 0 aliphatic carbocycles. The van der Waals surface area contributed by atoms with Crippen molar-refractivity contribution in [1.82, 2.24) is 10.6 Å². The summed E-state index contributed by atoms with van der Waals surface area (Å²) in [5, 5.41) is 14.4. The molecule has 3 N–H and O–H groups in total. The van der Waals surface area contributed by atoms with Crippen LogP contribution < -0.4 is 10.6 Å². The predicted octanol–water partition coefficient (Wildman–Crippen LogP) is 1.81. The molecule has 0 aromatic heterocycles. The molecule has 0 heterocycles. The van der Waals surface area contributed by atoms with Gasteiger partial charge in [-0.25, -0.2) is 0 Å². The molecule has 23 heavy (non-hydrogen) atoms. The van der Waals surface area contributed by atoms with E-state index in [2.05, 4.69) is 10.6 Å². The van der Waals surface area contributed by atoms with Crippen molar-refractivity contribution in [2.45, 2.75) is 33.1 Å². The van der Waals surface area contributed by atoms with Crippen molar-refractivity contribution >= 4 is 17.8 Å². The van der Waals surface area contributed by atoms with E-state index in [0.717, 1.165) is 0 Å². The van der Waals surface area contributed by atoms with Gasteiger partial charge in [0.25, 0.3) is 5.91 Å². The van der Waals surface area contributed by atoms with Gasteiger partial charge in [-0.1, -0.05) is 18.2 Å². The molecule has 0 spiro atoms. The normalized spacial score (nSPS) is 10.9. The van der Waals surface area contributed by atoms with Crippen LogP contribution in [-0.2, 0) is 9.59 Å². The van der Waals surface area contributed by atoms with E-state index in [-0.39, 0.29) is 11.8 Å². The lowest BCUT2D eigenvalue weighted by Gasteiger charge is -2.18. The van der Waals surface area contributed by atoms with E-state index >= 15 is 0 Å². The molecule has 1 rings (SSSR count). The van der Waals surface area contributed by atoms with Crippen LogP contribution in [0.15, 0.2) is 30.3 Å². The molecule has 0 saturated carbocycles. The van der Waals surface area contributed by atoms with E-state index < -0.39 is 11.4 Å². The van der Waals surface area contributed by atoms with Gasteiger partial charge in [-0.3, -0.25) is 14.4 Å². The summed E-state index contributed by atoms with van der Waals surface area (Å²) in [6, 6.07) is 8.88. The summed E-state index contributed by atoms with van der Waals surface area (Å²) in [5.74, 6) is -1.18. The van der Waals surface area contributed by atoms with Gasteiger partial charge in [0.1, 0.15) is 0 Å². The molecule has 126 valence electrons. The highest BCUT2D eigenvalue weighted by Gasteiger charge is 2.26. The first kappa shape index (κ1) is 18.7. The maximum absolute atomic E-state index is 11.8. The van der Waals surface area contributed by atoms with Crippen molar-refractivity contribution in [2.75, 3.05) is 13.1 Å². The number of rotatable bonds is 9. The molecule has 0 unspecified atom stereocenters. The minimum Gasteiger partial charge on any atom is -0.481 e. The highest BCUT2D eigenvalue weighted by molar-refractivity contribution is 5.94. The number of hydrogen-bond donors (Lipinski definition) is 3. The molecular formula is C17H24N2O4. The Kier molecular flexibility index (Phi) is 7.25. The summed E-state index contributed by atoms with van der Waals surface area (Å²) < 4.78 is 0. The Labute approximate surface area is 136 Å². The Morgan fingerprint density at radius 3 is 2.30 bits per heavy atom. The Hall–Kier alpha value is -2.37. The SMILES string of the molecule is CC(C)(CCNC(=O)CCCNC(=O)c1ccccc1)C(=O)O. The third-order valence-electron chi connectivity index (χ3n) is 3.55. The van der Waals surface area contributed by atoms with Crippen LogP contribution in [0.3, 0.4) is 0 Å². The maximum Gasteiger partial charge on any atom is 0.309 e.